The lowest BCUT2D eigenvalue weighted by Crippen LogP contribution is -2.23. The van der Waals surface area contributed by atoms with Crippen LogP contribution in [0.5, 0.6) is 0 Å². The Labute approximate surface area is 76.0 Å². The average Bonchev–Trinajstić information content (AvgIpc) is 2.15. The van der Waals surface area contributed by atoms with Crippen LogP contribution in [0.3, 0.4) is 0 Å². The van der Waals surface area contributed by atoms with Gasteiger partial charge in [-0.3, -0.25) is 9.78 Å². The molecule has 0 aliphatic rings. The van der Waals surface area contributed by atoms with E-state index in [9.17, 15) is 9.18 Å². The zero-order valence-electron chi connectivity index (χ0n) is 7.38. The molecule has 1 N–H and O–H groups in total. The van der Waals surface area contributed by atoms with E-state index in [1.807, 2.05) is 6.92 Å². The molecule has 0 bridgehead atoms. The normalized spacial score (nSPS) is 10.0. The van der Waals surface area contributed by atoms with Crippen LogP contribution < -0.4 is 5.32 Å². The maximum atomic E-state index is 13.0. The number of halogens is 1. The van der Waals surface area contributed by atoms with Crippen LogP contribution in [0.2, 0.25) is 0 Å². The minimum atomic E-state index is -0.564. The third-order valence-electron chi connectivity index (χ3n) is 1.61. The summed E-state index contributed by atoms with van der Waals surface area (Å²) in [6.45, 7) is 2.74. The van der Waals surface area contributed by atoms with E-state index < -0.39 is 5.82 Å². The first-order chi connectivity index (χ1) is 6.25. The number of nitrogens with one attached hydrogen (secondary N) is 1. The summed E-state index contributed by atoms with van der Waals surface area (Å²) in [6.07, 6.45) is 2.45. The third kappa shape index (κ3) is 2.59. The van der Waals surface area contributed by atoms with Crippen LogP contribution in [0, 0.1) is 5.82 Å². The second kappa shape index (κ2) is 4.67. The Bertz CT molecular complexity index is 301. The molecule has 0 spiro atoms. The highest BCUT2D eigenvalue weighted by atomic mass is 19.1. The van der Waals surface area contributed by atoms with Crippen molar-refractivity contribution in [2.75, 3.05) is 13.1 Å². The second-order valence-electron chi connectivity index (χ2n) is 2.56. The van der Waals surface area contributed by atoms with E-state index in [0.717, 1.165) is 6.20 Å². The molecule has 0 radical (unpaired) electrons. The molecule has 0 amide bonds. The molecule has 0 fully saturated rings. The van der Waals surface area contributed by atoms with Gasteiger partial charge in [0.25, 0.3) is 0 Å². The SMILES string of the molecule is CCNCC(=O)c1ccncc1F. The average molecular weight is 182 g/mol. The lowest BCUT2D eigenvalue weighted by atomic mass is 10.1. The van der Waals surface area contributed by atoms with E-state index in [2.05, 4.69) is 10.3 Å². The van der Waals surface area contributed by atoms with Crippen molar-refractivity contribution in [3.05, 3.63) is 29.8 Å². The number of nitrogens with zero attached hydrogens (tertiary/aromatic N) is 1. The molecular weight excluding hydrogens is 171 g/mol. The number of carbonyl (C=O) groups excluding carboxylic acids is 1. The van der Waals surface area contributed by atoms with Gasteiger partial charge in [0, 0.05) is 6.20 Å². The highest BCUT2D eigenvalue weighted by Crippen LogP contribution is 2.04. The Morgan fingerprint density at radius 1 is 1.69 bits per heavy atom. The molecule has 1 rings (SSSR count). The van der Waals surface area contributed by atoms with Crippen LogP contribution in [0.4, 0.5) is 4.39 Å². The van der Waals surface area contributed by atoms with E-state index in [4.69, 9.17) is 0 Å². The summed E-state index contributed by atoms with van der Waals surface area (Å²) in [7, 11) is 0. The standard InChI is InChI=1S/C9H11FN2O/c1-2-11-6-9(13)7-3-4-12-5-8(7)10/h3-5,11H,2,6H2,1H3. The summed E-state index contributed by atoms with van der Waals surface area (Å²) in [5.74, 6) is -0.813. The zero-order valence-corrected chi connectivity index (χ0v) is 7.38. The van der Waals surface area contributed by atoms with Crippen LogP contribution in [0.15, 0.2) is 18.5 Å². The molecule has 0 aromatic carbocycles. The molecular formula is C9H11FN2O. The van der Waals surface area contributed by atoms with Gasteiger partial charge in [-0.05, 0) is 12.6 Å². The Hall–Kier alpha value is -1.29. The van der Waals surface area contributed by atoms with Crippen molar-refractivity contribution < 1.29 is 9.18 Å². The van der Waals surface area contributed by atoms with Crippen molar-refractivity contribution >= 4 is 5.78 Å². The van der Waals surface area contributed by atoms with Crippen LogP contribution >= 0.6 is 0 Å². The number of ketones is 1. The van der Waals surface area contributed by atoms with Gasteiger partial charge in [0.05, 0.1) is 18.3 Å². The molecule has 4 heteroatoms. The number of likely N-dealkylation sites (N-methyl/N-ethyl adjacent to an activating group) is 1. The fourth-order valence-electron chi connectivity index (χ4n) is 0.935. The summed E-state index contributed by atoms with van der Waals surface area (Å²) in [5, 5.41) is 2.84. The van der Waals surface area contributed by atoms with Gasteiger partial charge in [0.1, 0.15) is 0 Å². The summed E-state index contributed by atoms with van der Waals surface area (Å²) in [6, 6.07) is 1.38. The Morgan fingerprint density at radius 3 is 3.08 bits per heavy atom. The van der Waals surface area contributed by atoms with E-state index in [0.29, 0.717) is 6.54 Å². The largest absolute Gasteiger partial charge is 0.310 e. The van der Waals surface area contributed by atoms with Gasteiger partial charge in [0.15, 0.2) is 11.6 Å². The Balaban J connectivity index is 2.71. The Kier molecular flexibility index (Phi) is 3.52. The van der Waals surface area contributed by atoms with Gasteiger partial charge in [-0.15, -0.1) is 0 Å². The molecule has 1 heterocycles. The zero-order chi connectivity index (χ0) is 9.68. The molecule has 0 atom stereocenters. The number of hydrogen-bond acceptors (Lipinski definition) is 3. The summed E-state index contributed by atoms with van der Waals surface area (Å²) >= 11 is 0. The van der Waals surface area contributed by atoms with Crippen molar-refractivity contribution in [3.8, 4) is 0 Å². The highest BCUT2D eigenvalue weighted by molar-refractivity contribution is 5.97. The topological polar surface area (TPSA) is 42.0 Å². The third-order valence-corrected chi connectivity index (χ3v) is 1.61. The maximum Gasteiger partial charge on any atom is 0.179 e. The van der Waals surface area contributed by atoms with E-state index >= 15 is 0 Å². The number of Topliss-reactive ketones (excluding diaryl/α,β-unsaturated/α-hetero) is 1. The molecule has 1 aromatic rings. The summed E-state index contributed by atoms with van der Waals surface area (Å²) in [4.78, 5) is 14.9. The number of carbonyl (C=O) groups is 1. The van der Waals surface area contributed by atoms with Crippen molar-refractivity contribution in [2.45, 2.75) is 6.92 Å². The molecule has 0 aliphatic carbocycles. The van der Waals surface area contributed by atoms with Gasteiger partial charge >= 0.3 is 0 Å². The fraction of sp³-hybridized carbons (Fsp3) is 0.333. The van der Waals surface area contributed by atoms with Crippen molar-refractivity contribution in [1.29, 1.82) is 0 Å². The van der Waals surface area contributed by atoms with Gasteiger partial charge in [0.2, 0.25) is 0 Å². The van der Waals surface area contributed by atoms with E-state index in [-0.39, 0.29) is 17.9 Å². The van der Waals surface area contributed by atoms with Crippen LogP contribution in [-0.4, -0.2) is 23.9 Å². The molecule has 3 nitrogen and oxygen atoms in total. The Morgan fingerprint density at radius 2 is 2.46 bits per heavy atom. The monoisotopic (exact) mass is 182 g/mol. The van der Waals surface area contributed by atoms with Gasteiger partial charge < -0.3 is 5.32 Å². The maximum absolute atomic E-state index is 13.0. The molecule has 0 unspecified atom stereocenters. The molecule has 0 saturated heterocycles. The van der Waals surface area contributed by atoms with Crippen molar-refractivity contribution in [1.82, 2.24) is 10.3 Å². The van der Waals surface area contributed by atoms with Gasteiger partial charge in [-0.25, -0.2) is 4.39 Å². The number of aromatic nitrogens is 1. The predicted molar refractivity (Wildman–Crippen MR) is 47.1 cm³/mol. The lowest BCUT2D eigenvalue weighted by molar-refractivity contribution is 0.0987. The van der Waals surface area contributed by atoms with Crippen molar-refractivity contribution in [3.63, 3.8) is 0 Å². The van der Waals surface area contributed by atoms with Crippen LogP contribution in [0.1, 0.15) is 17.3 Å². The lowest BCUT2D eigenvalue weighted by Gasteiger charge is -2.01. The van der Waals surface area contributed by atoms with Crippen LogP contribution in [-0.2, 0) is 0 Å². The molecule has 0 aliphatic heterocycles. The minimum Gasteiger partial charge on any atom is -0.310 e. The van der Waals surface area contributed by atoms with Crippen molar-refractivity contribution in [2.24, 2.45) is 0 Å². The van der Waals surface area contributed by atoms with Gasteiger partial charge in [-0.2, -0.15) is 0 Å². The quantitative estimate of drug-likeness (QED) is 0.707. The van der Waals surface area contributed by atoms with Crippen LogP contribution in [0.25, 0.3) is 0 Å². The molecule has 70 valence electrons. The highest BCUT2D eigenvalue weighted by Gasteiger charge is 2.09. The smallest absolute Gasteiger partial charge is 0.179 e. The van der Waals surface area contributed by atoms with Gasteiger partial charge in [-0.1, -0.05) is 6.92 Å². The summed E-state index contributed by atoms with van der Waals surface area (Å²) < 4.78 is 13.0. The molecule has 13 heavy (non-hydrogen) atoms. The molecule has 1 aromatic heterocycles. The first-order valence-electron chi connectivity index (χ1n) is 4.09. The number of hydrogen-bond donors (Lipinski definition) is 1. The minimum absolute atomic E-state index is 0.0935. The first kappa shape index (κ1) is 9.80. The number of pyridine rings is 1. The first-order valence-corrected chi connectivity index (χ1v) is 4.09. The molecule has 0 saturated carbocycles. The fourth-order valence-corrected chi connectivity index (χ4v) is 0.935. The number of rotatable bonds is 4. The predicted octanol–water partition coefficient (Wildman–Crippen LogP) is 1.01. The second-order valence-corrected chi connectivity index (χ2v) is 2.56. The van der Waals surface area contributed by atoms with E-state index in [1.54, 1.807) is 0 Å². The van der Waals surface area contributed by atoms with E-state index in [1.165, 1.54) is 12.3 Å². The summed E-state index contributed by atoms with van der Waals surface area (Å²) in [5.41, 5.74) is 0.0935.